The number of rotatable bonds is 13. The predicted octanol–water partition coefficient (Wildman–Crippen LogP) is 8.07. The summed E-state index contributed by atoms with van der Waals surface area (Å²) in [5.41, 5.74) is 3.66. The Morgan fingerprint density at radius 1 is 0.756 bits per heavy atom. The fourth-order valence-corrected chi connectivity index (χ4v) is 5.52. The summed E-state index contributed by atoms with van der Waals surface area (Å²) in [5, 5.41) is 3.99. The number of hydrogen-bond acceptors (Lipinski definition) is 2. The van der Waals surface area contributed by atoms with Crippen LogP contribution in [0.1, 0.15) is 54.4 Å². The smallest absolute Gasteiger partial charge is 0.243 e. The average molecular weight is 588 g/mol. The molecule has 4 aromatic carbocycles. The number of benzene rings is 4. The molecule has 0 aliphatic rings. The van der Waals surface area contributed by atoms with Gasteiger partial charge in [-0.15, -0.1) is 0 Å². The van der Waals surface area contributed by atoms with Crippen molar-refractivity contribution in [3.05, 3.63) is 141 Å². The van der Waals surface area contributed by atoms with Gasteiger partial charge in [-0.3, -0.25) is 9.59 Å². The first-order valence-corrected chi connectivity index (χ1v) is 14.9. The Morgan fingerprint density at radius 3 is 1.83 bits per heavy atom. The van der Waals surface area contributed by atoms with E-state index in [9.17, 15) is 9.59 Å². The zero-order chi connectivity index (χ0) is 29.0. The topological polar surface area (TPSA) is 49.4 Å². The second-order valence-corrected chi connectivity index (χ2v) is 11.0. The van der Waals surface area contributed by atoms with Crippen molar-refractivity contribution in [1.29, 1.82) is 0 Å². The second-order valence-electron chi connectivity index (χ2n) is 10.2. The molecule has 0 aliphatic carbocycles. The van der Waals surface area contributed by atoms with Crippen LogP contribution in [0, 0.1) is 0 Å². The molecule has 1 atom stereocenters. The van der Waals surface area contributed by atoms with Crippen LogP contribution in [0.3, 0.4) is 0 Å². The van der Waals surface area contributed by atoms with Gasteiger partial charge in [0.1, 0.15) is 6.04 Å². The molecule has 41 heavy (non-hydrogen) atoms. The Labute approximate surface area is 253 Å². The number of carbonyl (C=O) groups is 2. The first kappa shape index (κ1) is 30.4. The summed E-state index contributed by atoms with van der Waals surface area (Å²) in [5.74, 6) is -0.519. The van der Waals surface area contributed by atoms with Crippen molar-refractivity contribution < 1.29 is 9.59 Å². The van der Waals surface area contributed by atoms with Gasteiger partial charge in [0, 0.05) is 47.5 Å². The SMILES string of the molecule is CCCCNC(=O)[C@H](Cc1ccccc1)N(Cc1c(Cl)cccc1Cl)C(=O)CC(c1ccccc1)c1ccccc1. The molecule has 0 fully saturated rings. The molecule has 0 saturated carbocycles. The maximum Gasteiger partial charge on any atom is 0.243 e. The number of hydrogen-bond donors (Lipinski definition) is 1. The van der Waals surface area contributed by atoms with Crippen LogP contribution in [-0.2, 0) is 22.6 Å². The van der Waals surface area contributed by atoms with Gasteiger partial charge in [-0.25, -0.2) is 0 Å². The molecule has 2 amide bonds. The molecule has 0 unspecified atom stereocenters. The van der Waals surface area contributed by atoms with Gasteiger partial charge in [0.15, 0.2) is 0 Å². The molecule has 1 N–H and O–H groups in total. The highest BCUT2D eigenvalue weighted by Crippen LogP contribution is 2.32. The van der Waals surface area contributed by atoms with Crippen LogP contribution in [0.25, 0.3) is 0 Å². The van der Waals surface area contributed by atoms with E-state index < -0.39 is 6.04 Å². The summed E-state index contributed by atoms with van der Waals surface area (Å²) in [6.45, 7) is 2.74. The van der Waals surface area contributed by atoms with Crippen molar-refractivity contribution >= 4 is 35.0 Å². The van der Waals surface area contributed by atoms with Gasteiger partial charge < -0.3 is 10.2 Å². The van der Waals surface area contributed by atoms with Crippen molar-refractivity contribution in [1.82, 2.24) is 10.2 Å². The normalized spacial score (nSPS) is 11.7. The number of amides is 2. The van der Waals surface area contributed by atoms with Gasteiger partial charge in [-0.1, -0.05) is 134 Å². The highest BCUT2D eigenvalue weighted by Gasteiger charge is 2.33. The summed E-state index contributed by atoms with van der Waals surface area (Å²) in [6.07, 6.45) is 2.37. The highest BCUT2D eigenvalue weighted by atomic mass is 35.5. The molecule has 0 aliphatic heterocycles. The molecule has 4 aromatic rings. The Balaban J connectivity index is 1.75. The minimum atomic E-state index is -0.749. The van der Waals surface area contributed by atoms with Crippen molar-refractivity contribution in [2.45, 2.75) is 51.1 Å². The van der Waals surface area contributed by atoms with E-state index in [0.717, 1.165) is 29.5 Å². The maximum absolute atomic E-state index is 14.5. The minimum Gasteiger partial charge on any atom is -0.354 e. The van der Waals surface area contributed by atoms with E-state index in [1.54, 1.807) is 23.1 Å². The fourth-order valence-electron chi connectivity index (χ4n) is 5.00. The van der Waals surface area contributed by atoms with Crippen molar-refractivity contribution in [2.75, 3.05) is 6.54 Å². The maximum atomic E-state index is 14.5. The van der Waals surface area contributed by atoms with E-state index >= 15 is 0 Å². The van der Waals surface area contributed by atoms with Crippen LogP contribution in [0.15, 0.2) is 109 Å². The molecular formula is C35H36Cl2N2O2. The molecule has 0 saturated heterocycles. The van der Waals surface area contributed by atoms with Gasteiger partial charge in [-0.2, -0.15) is 0 Å². The first-order valence-electron chi connectivity index (χ1n) is 14.1. The van der Waals surface area contributed by atoms with Crippen molar-refractivity contribution in [2.24, 2.45) is 0 Å². The molecule has 0 aromatic heterocycles. The molecule has 4 rings (SSSR count). The third kappa shape index (κ3) is 8.45. The van der Waals surface area contributed by atoms with Crippen LogP contribution < -0.4 is 5.32 Å². The standard InChI is InChI=1S/C35H36Cl2N2O2/c1-2-3-22-38-35(41)33(23-26-14-7-4-8-15-26)39(25-30-31(36)20-13-21-32(30)37)34(40)24-29(27-16-9-5-10-17-27)28-18-11-6-12-19-28/h4-21,29,33H,2-3,22-25H2,1H3,(H,38,41)/t33-/m0/s1. The summed E-state index contributed by atoms with van der Waals surface area (Å²) in [4.78, 5) is 29.9. The van der Waals surface area contributed by atoms with Crippen molar-refractivity contribution in [3.63, 3.8) is 0 Å². The largest absolute Gasteiger partial charge is 0.354 e. The lowest BCUT2D eigenvalue weighted by Gasteiger charge is -2.33. The lowest BCUT2D eigenvalue weighted by atomic mass is 9.87. The van der Waals surface area contributed by atoms with E-state index in [2.05, 4.69) is 12.2 Å². The quantitative estimate of drug-likeness (QED) is 0.161. The average Bonchev–Trinajstić information content (AvgIpc) is 3.00. The lowest BCUT2D eigenvalue weighted by molar-refractivity contribution is -0.141. The fraction of sp³-hybridized carbons (Fsp3) is 0.257. The van der Waals surface area contributed by atoms with Gasteiger partial charge in [0.05, 0.1) is 0 Å². The lowest BCUT2D eigenvalue weighted by Crippen LogP contribution is -2.51. The van der Waals surface area contributed by atoms with Crippen molar-refractivity contribution in [3.8, 4) is 0 Å². The number of nitrogens with one attached hydrogen (secondary N) is 1. The van der Waals surface area contributed by atoms with E-state index in [-0.39, 0.29) is 30.7 Å². The van der Waals surface area contributed by atoms with Gasteiger partial charge in [0.2, 0.25) is 11.8 Å². The van der Waals surface area contributed by atoms with E-state index in [4.69, 9.17) is 23.2 Å². The highest BCUT2D eigenvalue weighted by molar-refractivity contribution is 6.36. The number of unbranched alkanes of at least 4 members (excludes halogenated alkanes) is 1. The summed E-state index contributed by atoms with van der Waals surface area (Å²) in [7, 11) is 0. The Kier molecular flexibility index (Phi) is 11.4. The molecule has 0 spiro atoms. The van der Waals surface area contributed by atoms with Crippen LogP contribution in [-0.4, -0.2) is 29.3 Å². The first-order chi connectivity index (χ1) is 20.0. The van der Waals surface area contributed by atoms with Gasteiger partial charge >= 0.3 is 0 Å². The van der Waals surface area contributed by atoms with Crippen LogP contribution in [0.5, 0.6) is 0 Å². The molecule has 212 valence electrons. The molecule has 6 heteroatoms. The molecular weight excluding hydrogens is 551 g/mol. The Bertz CT molecular complexity index is 1340. The minimum absolute atomic E-state index is 0.117. The second kappa shape index (κ2) is 15.4. The van der Waals surface area contributed by atoms with E-state index in [1.165, 1.54) is 0 Å². The van der Waals surface area contributed by atoms with E-state index in [0.29, 0.717) is 28.6 Å². The van der Waals surface area contributed by atoms with Gasteiger partial charge in [-0.05, 0) is 35.2 Å². The van der Waals surface area contributed by atoms with E-state index in [1.807, 2.05) is 91.0 Å². The number of halogens is 2. The monoisotopic (exact) mass is 586 g/mol. The van der Waals surface area contributed by atoms with Crippen LogP contribution in [0.4, 0.5) is 0 Å². The Hall–Kier alpha value is -3.60. The molecule has 0 heterocycles. The number of nitrogens with zero attached hydrogens (tertiary/aromatic N) is 1. The predicted molar refractivity (Wildman–Crippen MR) is 168 cm³/mol. The zero-order valence-electron chi connectivity index (χ0n) is 23.3. The van der Waals surface area contributed by atoms with Gasteiger partial charge in [0.25, 0.3) is 0 Å². The third-order valence-electron chi connectivity index (χ3n) is 7.27. The molecule has 0 radical (unpaired) electrons. The summed E-state index contributed by atoms with van der Waals surface area (Å²) in [6, 6.07) is 34.4. The Morgan fingerprint density at radius 2 is 1.29 bits per heavy atom. The molecule has 0 bridgehead atoms. The summed E-state index contributed by atoms with van der Waals surface area (Å²) < 4.78 is 0. The molecule has 4 nitrogen and oxygen atoms in total. The van der Waals surface area contributed by atoms with Crippen LogP contribution >= 0.6 is 23.2 Å². The van der Waals surface area contributed by atoms with Crippen LogP contribution in [0.2, 0.25) is 10.0 Å². The number of carbonyl (C=O) groups excluding carboxylic acids is 2. The third-order valence-corrected chi connectivity index (χ3v) is 7.98. The summed E-state index contributed by atoms with van der Waals surface area (Å²) >= 11 is 13.2. The zero-order valence-corrected chi connectivity index (χ0v) is 24.8.